The van der Waals surface area contributed by atoms with E-state index in [1.54, 1.807) is 0 Å². The van der Waals surface area contributed by atoms with E-state index < -0.39 is 12.2 Å². The molecule has 0 bridgehead atoms. The average molecular weight is 959 g/mol. The van der Waals surface area contributed by atoms with Crippen LogP contribution in [0.1, 0.15) is 36.8 Å². The zero-order chi connectivity index (χ0) is 49.2. The number of fused-ring (bicyclic) bond motifs is 5. The number of hydrogen-bond acceptors (Lipinski definition) is 10. The van der Waals surface area contributed by atoms with E-state index in [2.05, 4.69) is 120 Å². The average Bonchev–Trinajstić information content (AvgIpc) is 3.42. The highest BCUT2D eigenvalue weighted by atomic mass is 16.5. The summed E-state index contributed by atoms with van der Waals surface area (Å²) < 4.78 is 22.3. The summed E-state index contributed by atoms with van der Waals surface area (Å²) in [7, 11) is 0. The predicted octanol–water partition coefficient (Wildman–Crippen LogP) is 12.3. The number of esters is 2. The van der Waals surface area contributed by atoms with Crippen LogP contribution >= 0.6 is 0 Å². The molecule has 0 aliphatic heterocycles. The lowest BCUT2D eigenvalue weighted by Gasteiger charge is -2.20. The quantitative estimate of drug-likeness (QED) is 0.0279. The predicted molar refractivity (Wildman–Crippen MR) is 290 cm³/mol. The van der Waals surface area contributed by atoms with E-state index in [0.29, 0.717) is 26.1 Å². The van der Waals surface area contributed by atoms with Crippen LogP contribution in [0, 0.1) is 0 Å². The van der Waals surface area contributed by atoms with Gasteiger partial charge in [0.2, 0.25) is 0 Å². The van der Waals surface area contributed by atoms with Gasteiger partial charge in [-0.15, -0.1) is 0 Å². The number of anilines is 2. The molecule has 0 amide bonds. The zero-order valence-electron chi connectivity index (χ0n) is 40.1. The topological polar surface area (TPSA) is 136 Å². The fourth-order valence-corrected chi connectivity index (χ4v) is 9.68. The number of nitrogens with one attached hydrogen (secondary N) is 2. The van der Waals surface area contributed by atoms with Crippen LogP contribution < -0.4 is 10.6 Å². The number of carbonyl (C=O) groups excluding carboxylic acids is 2. The van der Waals surface area contributed by atoms with Crippen LogP contribution in [0.3, 0.4) is 0 Å². The van der Waals surface area contributed by atoms with Crippen molar-refractivity contribution >= 4 is 87.9 Å². The summed E-state index contributed by atoms with van der Waals surface area (Å²) in [5.41, 5.74) is 5.84. The molecule has 0 radical (unpaired) electrons. The third kappa shape index (κ3) is 11.3. The van der Waals surface area contributed by atoms with Gasteiger partial charge in [-0.2, -0.15) is 0 Å². The van der Waals surface area contributed by atoms with E-state index in [1.165, 1.54) is 16.2 Å². The summed E-state index contributed by atoms with van der Waals surface area (Å²) in [4.78, 5) is 24.5. The van der Waals surface area contributed by atoms with Gasteiger partial charge in [-0.1, -0.05) is 140 Å². The fourth-order valence-electron chi connectivity index (χ4n) is 9.68. The lowest BCUT2D eigenvalue weighted by atomic mass is 9.87. The first-order valence-electron chi connectivity index (χ1n) is 24.8. The third-order valence-corrected chi connectivity index (χ3v) is 13.3. The van der Waals surface area contributed by atoms with Crippen molar-refractivity contribution in [1.29, 1.82) is 0 Å². The van der Waals surface area contributed by atoms with Gasteiger partial charge in [0.05, 0.1) is 25.4 Å². The molecule has 2 unspecified atom stereocenters. The maximum absolute atomic E-state index is 12.3. The second kappa shape index (κ2) is 22.6. The molecule has 2 atom stereocenters. The third-order valence-electron chi connectivity index (χ3n) is 13.3. The molecule has 72 heavy (non-hydrogen) atoms. The molecule has 10 rings (SSSR count). The maximum atomic E-state index is 12.3. The highest BCUT2D eigenvalue weighted by Crippen LogP contribution is 2.44. The molecule has 10 aromatic carbocycles. The van der Waals surface area contributed by atoms with Crippen LogP contribution in [-0.4, -0.2) is 73.9 Å². The Morgan fingerprint density at radius 1 is 0.458 bits per heavy atom. The minimum absolute atomic E-state index is 0.123. The van der Waals surface area contributed by atoms with Gasteiger partial charge in [-0.25, -0.2) is 0 Å². The Hall–Kier alpha value is -7.60. The second-order valence-electron chi connectivity index (χ2n) is 18.5. The van der Waals surface area contributed by atoms with E-state index in [9.17, 15) is 19.8 Å². The summed E-state index contributed by atoms with van der Waals surface area (Å²) in [5.74, 6) is -0.547. The van der Waals surface area contributed by atoms with Crippen molar-refractivity contribution in [2.75, 3.05) is 50.2 Å². The number of rotatable bonds is 23. The molecule has 10 heteroatoms. The van der Waals surface area contributed by atoms with E-state index >= 15 is 0 Å². The van der Waals surface area contributed by atoms with Gasteiger partial charge in [0.15, 0.2) is 0 Å². The summed E-state index contributed by atoms with van der Waals surface area (Å²) in [5, 5.41) is 42.7. The van der Waals surface area contributed by atoms with Crippen LogP contribution in [0.4, 0.5) is 11.4 Å². The van der Waals surface area contributed by atoms with Crippen LogP contribution in [0.15, 0.2) is 170 Å². The van der Waals surface area contributed by atoms with Crippen molar-refractivity contribution in [3.63, 3.8) is 0 Å². The van der Waals surface area contributed by atoms with Crippen LogP contribution in [0.5, 0.6) is 0 Å². The number of ether oxygens (including phenoxy) is 4. The molecule has 0 heterocycles. The molecule has 0 aliphatic rings. The molecule has 10 aromatic rings. The maximum Gasteiger partial charge on any atom is 0.306 e. The highest BCUT2D eigenvalue weighted by molar-refractivity contribution is 6.28. The summed E-state index contributed by atoms with van der Waals surface area (Å²) in [6.07, 6.45) is -0.0603. The number of aliphatic hydroxyl groups is 2. The molecule has 4 N–H and O–H groups in total. The minimum Gasteiger partial charge on any atom is -0.461 e. The lowest BCUT2D eigenvalue weighted by molar-refractivity contribution is -0.146. The first-order valence-corrected chi connectivity index (χ1v) is 24.8. The molecule has 0 aromatic heterocycles. The van der Waals surface area contributed by atoms with E-state index in [-0.39, 0.29) is 64.3 Å². The van der Waals surface area contributed by atoms with Crippen molar-refractivity contribution in [1.82, 2.24) is 0 Å². The number of aliphatic hydroxyl groups excluding tert-OH is 2. The monoisotopic (exact) mass is 958 g/mol. The van der Waals surface area contributed by atoms with Gasteiger partial charge >= 0.3 is 11.9 Å². The van der Waals surface area contributed by atoms with Crippen molar-refractivity contribution in [3.05, 3.63) is 181 Å². The van der Waals surface area contributed by atoms with Gasteiger partial charge in [-0.3, -0.25) is 9.59 Å². The Balaban J connectivity index is 0.854. The van der Waals surface area contributed by atoms with Gasteiger partial charge < -0.3 is 39.8 Å². The fraction of sp³-hybridized carbons (Fsp3) is 0.226. The first-order chi connectivity index (χ1) is 35.3. The molecular formula is C62H58N2O8. The molecule has 364 valence electrons. The Kier molecular flexibility index (Phi) is 15.1. The van der Waals surface area contributed by atoms with Crippen LogP contribution in [0.25, 0.3) is 75.8 Å². The van der Waals surface area contributed by atoms with Gasteiger partial charge in [0.25, 0.3) is 0 Å². The van der Waals surface area contributed by atoms with Gasteiger partial charge in [0, 0.05) is 55.9 Å². The number of hydrogen-bond donors (Lipinski definition) is 4. The smallest absolute Gasteiger partial charge is 0.306 e. The Morgan fingerprint density at radius 3 is 1.74 bits per heavy atom. The number of benzene rings is 10. The van der Waals surface area contributed by atoms with Crippen molar-refractivity contribution in [3.8, 4) is 11.1 Å². The van der Waals surface area contributed by atoms with E-state index in [1.807, 2.05) is 60.7 Å². The SMILES string of the molecule is O=C(CCCOCC(O)CNc1cc2ccc3cccc4cc(-c5ccc6c(NCC(O)COCCCC(=O)OCc7ccccc7)cc7c8ccccc8ccc7c6c5)c(c1)c2c34)OCc1ccccc1. The Bertz CT molecular complexity index is 3470. The highest BCUT2D eigenvalue weighted by Gasteiger charge is 2.18. The summed E-state index contributed by atoms with van der Waals surface area (Å²) >= 11 is 0. The summed E-state index contributed by atoms with van der Waals surface area (Å²) in [6.45, 7) is 1.96. The van der Waals surface area contributed by atoms with E-state index in [4.69, 9.17) is 18.9 Å². The minimum atomic E-state index is -0.785. The standard InChI is InChI=1S/C62H58N2O8/c65-49(39-69-28-10-20-59(67)71-37-41-12-3-1-4-13-41)35-63-48-30-47-23-22-44-17-9-18-46-32-54(57(33-48)62(47)61(44)46)45-25-27-53-55(31-45)52-26-24-43-16-7-8-19-51(43)56(52)34-58(53)64-36-50(66)40-70-29-11-21-60(68)72-38-42-14-5-2-6-15-42/h1-9,12-19,22-27,30-34,49-50,63-66H,10-11,20-21,28-29,35-40H2. The van der Waals surface area contributed by atoms with Crippen LogP contribution in [-0.2, 0) is 41.8 Å². The Labute approximate surface area is 418 Å². The van der Waals surface area contributed by atoms with E-state index in [0.717, 1.165) is 82.1 Å². The normalized spacial score (nSPS) is 12.5. The zero-order valence-corrected chi connectivity index (χ0v) is 40.1. The molecule has 0 fully saturated rings. The van der Waals surface area contributed by atoms with Crippen LogP contribution in [0.2, 0.25) is 0 Å². The van der Waals surface area contributed by atoms with Crippen molar-refractivity contribution in [2.24, 2.45) is 0 Å². The second-order valence-corrected chi connectivity index (χ2v) is 18.5. The summed E-state index contributed by atoms with van der Waals surface area (Å²) in [6, 6.07) is 58.3. The Morgan fingerprint density at radius 2 is 1.03 bits per heavy atom. The first kappa shape index (κ1) is 48.0. The van der Waals surface area contributed by atoms with Crippen molar-refractivity contribution < 1.29 is 38.7 Å². The lowest BCUT2D eigenvalue weighted by Crippen LogP contribution is -2.25. The molecule has 0 saturated heterocycles. The van der Waals surface area contributed by atoms with Crippen molar-refractivity contribution in [2.45, 2.75) is 51.1 Å². The largest absolute Gasteiger partial charge is 0.461 e. The molecule has 0 aliphatic carbocycles. The van der Waals surface area contributed by atoms with Gasteiger partial charge in [-0.05, 0) is 125 Å². The molecule has 0 saturated carbocycles. The molecule has 10 nitrogen and oxygen atoms in total. The van der Waals surface area contributed by atoms with Gasteiger partial charge in [0.1, 0.15) is 13.2 Å². The number of carbonyl (C=O) groups is 2. The molecule has 0 spiro atoms. The molecular weight excluding hydrogens is 901 g/mol.